The first kappa shape index (κ1) is 14.7. The first-order valence-corrected chi connectivity index (χ1v) is 6.88. The first-order valence-electron chi connectivity index (χ1n) is 6.88. The van der Waals surface area contributed by atoms with Gasteiger partial charge in [0.2, 0.25) is 11.6 Å². The summed E-state index contributed by atoms with van der Waals surface area (Å²) >= 11 is 0. The molecule has 0 radical (unpaired) electrons. The first-order chi connectivity index (χ1) is 11.0. The molecule has 7 heteroatoms. The van der Waals surface area contributed by atoms with Gasteiger partial charge in [-0.25, -0.2) is 4.79 Å². The quantitative estimate of drug-likeness (QED) is 0.783. The number of hydrogen-bond donors (Lipinski definition) is 1. The Bertz CT molecular complexity index is 970. The van der Waals surface area contributed by atoms with Crippen LogP contribution in [0, 0.1) is 6.92 Å². The molecule has 0 aliphatic rings. The van der Waals surface area contributed by atoms with Crippen LogP contribution in [0.5, 0.6) is 0 Å². The third-order valence-corrected chi connectivity index (χ3v) is 3.34. The Kier molecular flexibility index (Phi) is 3.53. The van der Waals surface area contributed by atoms with Crippen LogP contribution in [0.2, 0.25) is 0 Å². The van der Waals surface area contributed by atoms with Crippen molar-refractivity contribution in [3.63, 3.8) is 0 Å². The number of hydrogen-bond acceptors (Lipinski definition) is 5. The summed E-state index contributed by atoms with van der Waals surface area (Å²) in [6, 6.07) is 9.97. The number of carbonyl (C=O) groups is 2. The number of nitrogens with one attached hydrogen (secondary N) is 1. The van der Waals surface area contributed by atoms with Crippen molar-refractivity contribution in [3.8, 4) is 0 Å². The van der Waals surface area contributed by atoms with Gasteiger partial charge in [-0.15, -0.1) is 0 Å². The van der Waals surface area contributed by atoms with Gasteiger partial charge in [-0.2, -0.15) is 9.78 Å². The van der Waals surface area contributed by atoms with Crippen LogP contribution in [0.4, 0.5) is 5.69 Å². The van der Waals surface area contributed by atoms with Crippen molar-refractivity contribution >= 4 is 28.6 Å². The third kappa shape index (κ3) is 2.64. The Morgan fingerprint density at radius 1 is 1.22 bits per heavy atom. The molecule has 0 saturated heterocycles. The molecule has 0 bridgehead atoms. The maximum Gasteiger partial charge on any atom is 0.361 e. The molecule has 3 rings (SSSR count). The largest absolute Gasteiger partial charge is 0.402 e. The minimum Gasteiger partial charge on any atom is -0.402 e. The number of aromatic nitrogens is 2. The molecule has 0 fully saturated rings. The van der Waals surface area contributed by atoms with E-state index in [4.69, 9.17) is 4.42 Å². The zero-order valence-electron chi connectivity index (χ0n) is 12.5. The minimum absolute atomic E-state index is 0.00226. The summed E-state index contributed by atoms with van der Waals surface area (Å²) in [4.78, 5) is 35.7. The van der Waals surface area contributed by atoms with E-state index in [0.29, 0.717) is 16.6 Å². The van der Waals surface area contributed by atoms with Crippen LogP contribution in [0.15, 0.2) is 45.6 Å². The van der Waals surface area contributed by atoms with Crippen molar-refractivity contribution < 1.29 is 14.0 Å². The number of rotatable bonds is 2. The summed E-state index contributed by atoms with van der Waals surface area (Å²) in [6.07, 6.45) is 0. The Labute approximate surface area is 130 Å². The summed E-state index contributed by atoms with van der Waals surface area (Å²) < 4.78 is 6.17. The van der Waals surface area contributed by atoms with Gasteiger partial charge in [-0.05, 0) is 25.1 Å². The van der Waals surface area contributed by atoms with Crippen LogP contribution >= 0.6 is 0 Å². The second-order valence-corrected chi connectivity index (χ2v) is 5.00. The lowest BCUT2D eigenvalue weighted by Gasteiger charge is -2.04. The van der Waals surface area contributed by atoms with Crippen molar-refractivity contribution in [2.24, 2.45) is 0 Å². The van der Waals surface area contributed by atoms with Crippen LogP contribution in [-0.4, -0.2) is 21.6 Å². The molecule has 0 unspecified atom stereocenters. The minimum atomic E-state index is -0.746. The summed E-state index contributed by atoms with van der Waals surface area (Å²) in [5.74, 6) is -0.791. The van der Waals surface area contributed by atoms with Gasteiger partial charge < -0.3 is 9.73 Å². The van der Waals surface area contributed by atoms with Crippen molar-refractivity contribution in [3.05, 3.63) is 58.1 Å². The van der Waals surface area contributed by atoms with Crippen LogP contribution in [-0.2, 0) is 0 Å². The number of benzene rings is 1. The Balaban J connectivity index is 2.04. The normalized spacial score (nSPS) is 10.7. The van der Waals surface area contributed by atoms with Crippen LogP contribution in [0.3, 0.4) is 0 Å². The molecule has 1 N–H and O–H groups in total. The van der Waals surface area contributed by atoms with Gasteiger partial charge in [0.15, 0.2) is 0 Å². The summed E-state index contributed by atoms with van der Waals surface area (Å²) in [7, 11) is 0. The lowest BCUT2D eigenvalue weighted by atomic mass is 10.2. The number of aryl methyl sites for hydroxylation is 1. The lowest BCUT2D eigenvalue weighted by molar-refractivity contribution is 0.0921. The monoisotopic (exact) mass is 311 g/mol. The molecule has 0 saturated carbocycles. The molecule has 23 heavy (non-hydrogen) atoms. The predicted molar refractivity (Wildman–Crippen MR) is 83.7 cm³/mol. The number of nitrogens with zero attached hydrogens (tertiary/aromatic N) is 2. The van der Waals surface area contributed by atoms with Gasteiger partial charge in [0.05, 0.1) is 11.1 Å². The van der Waals surface area contributed by atoms with Gasteiger partial charge in [0.25, 0.3) is 5.91 Å². The molecular formula is C16H13N3O4. The summed E-state index contributed by atoms with van der Waals surface area (Å²) in [5.41, 5.74) is 0.261. The highest BCUT2D eigenvalue weighted by Gasteiger charge is 2.17. The van der Waals surface area contributed by atoms with Crippen LogP contribution in [0.1, 0.15) is 27.8 Å². The van der Waals surface area contributed by atoms with Gasteiger partial charge in [0, 0.05) is 12.5 Å². The topological polar surface area (TPSA) is 94.2 Å². The van der Waals surface area contributed by atoms with Gasteiger partial charge in [-0.1, -0.05) is 18.2 Å². The van der Waals surface area contributed by atoms with Crippen molar-refractivity contribution in [2.45, 2.75) is 13.8 Å². The Morgan fingerprint density at radius 2 is 1.91 bits per heavy atom. The molecule has 7 nitrogen and oxygen atoms in total. The highest BCUT2D eigenvalue weighted by Crippen LogP contribution is 2.19. The van der Waals surface area contributed by atoms with Crippen LogP contribution in [0.25, 0.3) is 11.1 Å². The zero-order chi connectivity index (χ0) is 16.6. The van der Waals surface area contributed by atoms with Crippen LogP contribution < -0.4 is 10.9 Å². The smallest absolute Gasteiger partial charge is 0.361 e. The average molecular weight is 311 g/mol. The van der Waals surface area contributed by atoms with E-state index < -0.39 is 11.5 Å². The van der Waals surface area contributed by atoms with Gasteiger partial charge in [-0.3, -0.25) is 9.59 Å². The Morgan fingerprint density at radius 3 is 2.57 bits per heavy atom. The maximum atomic E-state index is 12.1. The molecular weight excluding hydrogens is 298 g/mol. The van der Waals surface area contributed by atoms with Gasteiger partial charge >= 0.3 is 5.63 Å². The van der Waals surface area contributed by atoms with E-state index in [1.165, 1.54) is 13.0 Å². The van der Waals surface area contributed by atoms with E-state index in [-0.39, 0.29) is 17.3 Å². The molecule has 2 heterocycles. The average Bonchev–Trinajstić information content (AvgIpc) is 2.85. The molecule has 0 spiro atoms. The third-order valence-electron chi connectivity index (χ3n) is 3.34. The van der Waals surface area contributed by atoms with E-state index in [2.05, 4.69) is 10.4 Å². The SMILES string of the molecule is CC(=O)n1nc(C)c2cc(NC(=O)c3ccccc3)c(=O)oc21. The van der Waals surface area contributed by atoms with E-state index in [1.807, 2.05) is 0 Å². The van der Waals surface area contributed by atoms with E-state index in [1.54, 1.807) is 37.3 Å². The van der Waals surface area contributed by atoms with E-state index >= 15 is 0 Å². The van der Waals surface area contributed by atoms with Crippen molar-refractivity contribution in [1.29, 1.82) is 0 Å². The molecule has 3 aromatic rings. The molecule has 2 aromatic heterocycles. The number of amides is 1. The highest BCUT2D eigenvalue weighted by atomic mass is 16.4. The number of carbonyl (C=O) groups excluding carboxylic acids is 2. The fraction of sp³-hybridized carbons (Fsp3) is 0.125. The fourth-order valence-corrected chi connectivity index (χ4v) is 2.21. The number of fused-ring (bicyclic) bond motifs is 1. The molecule has 0 aliphatic carbocycles. The standard InChI is InChI=1S/C16H13N3O4/c1-9-12-8-13(17-14(21)11-6-4-3-5-7-11)16(22)23-15(12)19(18-9)10(2)20/h3-8H,1-2H3,(H,17,21). The zero-order valence-corrected chi connectivity index (χ0v) is 12.5. The summed E-state index contributed by atoms with van der Waals surface area (Å²) in [5, 5.41) is 7.04. The molecule has 0 aliphatic heterocycles. The maximum absolute atomic E-state index is 12.1. The van der Waals surface area contributed by atoms with Crippen molar-refractivity contribution in [2.75, 3.05) is 5.32 Å². The van der Waals surface area contributed by atoms with Gasteiger partial charge in [0.1, 0.15) is 5.69 Å². The summed E-state index contributed by atoms with van der Waals surface area (Å²) in [6.45, 7) is 3.00. The highest BCUT2D eigenvalue weighted by molar-refractivity contribution is 6.04. The Hall–Kier alpha value is -3.22. The van der Waals surface area contributed by atoms with E-state index in [9.17, 15) is 14.4 Å². The second-order valence-electron chi connectivity index (χ2n) is 5.00. The van der Waals surface area contributed by atoms with E-state index in [0.717, 1.165) is 4.68 Å². The molecule has 1 amide bonds. The predicted octanol–water partition coefficient (Wildman–Crippen LogP) is 2.21. The number of anilines is 1. The van der Waals surface area contributed by atoms with Crippen molar-refractivity contribution in [1.82, 2.24) is 9.78 Å². The molecule has 1 aromatic carbocycles. The molecule has 116 valence electrons. The molecule has 0 atom stereocenters. The lowest BCUT2D eigenvalue weighted by Crippen LogP contribution is -2.18. The second kappa shape index (κ2) is 5.53. The fourth-order valence-electron chi connectivity index (χ4n) is 2.21.